The van der Waals surface area contributed by atoms with E-state index in [2.05, 4.69) is 26.0 Å². The molecule has 0 aromatic heterocycles. The van der Waals surface area contributed by atoms with E-state index in [-0.39, 0.29) is 6.10 Å². The predicted octanol–water partition coefficient (Wildman–Crippen LogP) is 4.25. The first kappa shape index (κ1) is 13.2. The molecule has 1 aromatic carbocycles. The monoisotopic (exact) mass is 220 g/mol. The fourth-order valence-corrected chi connectivity index (χ4v) is 1.95. The number of aryl methyl sites for hydroxylation is 1. The minimum atomic E-state index is -0.275. The van der Waals surface area contributed by atoms with E-state index in [9.17, 15) is 5.11 Å². The van der Waals surface area contributed by atoms with Gasteiger partial charge in [0.1, 0.15) is 0 Å². The molecule has 1 aromatic rings. The van der Waals surface area contributed by atoms with Crippen LogP contribution in [0.5, 0.6) is 0 Å². The van der Waals surface area contributed by atoms with Gasteiger partial charge in [-0.25, -0.2) is 0 Å². The van der Waals surface area contributed by atoms with Gasteiger partial charge in [-0.2, -0.15) is 0 Å². The van der Waals surface area contributed by atoms with Gasteiger partial charge in [-0.15, -0.1) is 0 Å². The van der Waals surface area contributed by atoms with Crippen LogP contribution in [0.3, 0.4) is 0 Å². The molecule has 0 saturated carbocycles. The Morgan fingerprint density at radius 2 is 1.94 bits per heavy atom. The van der Waals surface area contributed by atoms with E-state index in [4.69, 9.17) is 0 Å². The van der Waals surface area contributed by atoms with Gasteiger partial charge in [0.25, 0.3) is 0 Å². The zero-order chi connectivity index (χ0) is 11.8. The zero-order valence-electron chi connectivity index (χ0n) is 10.6. The normalized spacial score (nSPS) is 12.7. The van der Waals surface area contributed by atoms with Gasteiger partial charge in [0.05, 0.1) is 6.10 Å². The SMILES string of the molecule is CCCCCCC(O)c1cccc(CC)c1. The molecule has 0 fully saturated rings. The molecule has 1 unspecified atom stereocenters. The van der Waals surface area contributed by atoms with Crippen LogP contribution in [0.25, 0.3) is 0 Å². The van der Waals surface area contributed by atoms with Crippen molar-refractivity contribution in [3.8, 4) is 0 Å². The Balaban J connectivity index is 2.42. The first-order chi connectivity index (χ1) is 7.77. The maximum absolute atomic E-state index is 10.0. The fraction of sp³-hybridized carbons (Fsp3) is 0.600. The van der Waals surface area contributed by atoms with Gasteiger partial charge < -0.3 is 5.11 Å². The summed E-state index contributed by atoms with van der Waals surface area (Å²) in [6.07, 6.45) is 6.56. The summed E-state index contributed by atoms with van der Waals surface area (Å²) in [4.78, 5) is 0. The Kier molecular flexibility index (Phi) is 6.17. The first-order valence-corrected chi connectivity index (χ1v) is 6.54. The summed E-state index contributed by atoms with van der Waals surface area (Å²) in [5, 5.41) is 10.0. The lowest BCUT2D eigenvalue weighted by Crippen LogP contribution is -1.98. The Morgan fingerprint density at radius 3 is 2.62 bits per heavy atom. The van der Waals surface area contributed by atoms with Crippen molar-refractivity contribution in [1.29, 1.82) is 0 Å². The number of hydrogen-bond acceptors (Lipinski definition) is 1. The second-order valence-electron chi connectivity index (χ2n) is 4.46. The second-order valence-corrected chi connectivity index (χ2v) is 4.46. The highest BCUT2D eigenvalue weighted by Gasteiger charge is 2.06. The quantitative estimate of drug-likeness (QED) is 0.681. The summed E-state index contributed by atoms with van der Waals surface area (Å²) in [6, 6.07) is 8.32. The number of aliphatic hydroxyl groups excluding tert-OH is 1. The van der Waals surface area contributed by atoms with E-state index in [0.717, 1.165) is 24.8 Å². The van der Waals surface area contributed by atoms with Crippen molar-refractivity contribution in [2.45, 2.75) is 58.5 Å². The molecule has 1 atom stereocenters. The number of aliphatic hydroxyl groups is 1. The average molecular weight is 220 g/mol. The summed E-state index contributed by atoms with van der Waals surface area (Å²) >= 11 is 0. The van der Waals surface area contributed by atoms with E-state index in [1.54, 1.807) is 0 Å². The van der Waals surface area contributed by atoms with Gasteiger partial charge in [-0.1, -0.05) is 63.8 Å². The molecule has 90 valence electrons. The van der Waals surface area contributed by atoms with Crippen molar-refractivity contribution < 1.29 is 5.11 Å². The topological polar surface area (TPSA) is 20.2 Å². The van der Waals surface area contributed by atoms with Crippen LogP contribution in [-0.4, -0.2) is 5.11 Å². The molecule has 0 aliphatic rings. The van der Waals surface area contributed by atoms with Crippen molar-refractivity contribution in [1.82, 2.24) is 0 Å². The summed E-state index contributed by atoms with van der Waals surface area (Å²) in [6.45, 7) is 4.36. The van der Waals surface area contributed by atoms with Crippen LogP contribution in [0.15, 0.2) is 24.3 Å². The van der Waals surface area contributed by atoms with Gasteiger partial charge in [-0.3, -0.25) is 0 Å². The first-order valence-electron chi connectivity index (χ1n) is 6.54. The van der Waals surface area contributed by atoms with E-state index >= 15 is 0 Å². The summed E-state index contributed by atoms with van der Waals surface area (Å²) in [5.74, 6) is 0. The standard InChI is InChI=1S/C15H24O/c1-3-5-6-7-11-15(16)14-10-8-9-13(4-2)12-14/h8-10,12,15-16H,3-7,11H2,1-2H3. The Bertz CT molecular complexity index is 293. The largest absolute Gasteiger partial charge is 0.388 e. The van der Waals surface area contributed by atoms with Gasteiger partial charge in [0.15, 0.2) is 0 Å². The zero-order valence-corrected chi connectivity index (χ0v) is 10.6. The van der Waals surface area contributed by atoms with Crippen molar-refractivity contribution in [2.75, 3.05) is 0 Å². The maximum atomic E-state index is 10.0. The number of benzene rings is 1. The van der Waals surface area contributed by atoms with Crippen molar-refractivity contribution in [2.24, 2.45) is 0 Å². The molecule has 0 radical (unpaired) electrons. The molecule has 0 amide bonds. The highest BCUT2D eigenvalue weighted by atomic mass is 16.3. The van der Waals surface area contributed by atoms with Gasteiger partial charge >= 0.3 is 0 Å². The molecule has 1 N–H and O–H groups in total. The van der Waals surface area contributed by atoms with Gasteiger partial charge in [0, 0.05) is 0 Å². The lowest BCUT2D eigenvalue weighted by Gasteiger charge is -2.11. The molecular weight excluding hydrogens is 196 g/mol. The molecule has 0 saturated heterocycles. The Hall–Kier alpha value is -0.820. The minimum absolute atomic E-state index is 0.275. The van der Waals surface area contributed by atoms with Gasteiger partial charge in [-0.05, 0) is 24.0 Å². The number of hydrogen-bond donors (Lipinski definition) is 1. The van der Waals surface area contributed by atoms with E-state index < -0.39 is 0 Å². The van der Waals surface area contributed by atoms with Crippen LogP contribution in [0.2, 0.25) is 0 Å². The molecule has 1 nitrogen and oxygen atoms in total. The molecule has 16 heavy (non-hydrogen) atoms. The Labute approximate surface area is 99.5 Å². The van der Waals surface area contributed by atoms with E-state index in [0.29, 0.717) is 0 Å². The molecule has 0 heterocycles. The highest BCUT2D eigenvalue weighted by Crippen LogP contribution is 2.21. The van der Waals surface area contributed by atoms with Crippen LogP contribution < -0.4 is 0 Å². The lowest BCUT2D eigenvalue weighted by atomic mass is 10.00. The molecule has 0 aliphatic heterocycles. The second kappa shape index (κ2) is 7.45. The third kappa shape index (κ3) is 4.36. The molecule has 1 rings (SSSR count). The van der Waals surface area contributed by atoms with Crippen molar-refractivity contribution in [3.05, 3.63) is 35.4 Å². The third-order valence-electron chi connectivity index (χ3n) is 3.08. The summed E-state index contributed by atoms with van der Waals surface area (Å²) < 4.78 is 0. The molecule has 0 bridgehead atoms. The predicted molar refractivity (Wildman–Crippen MR) is 69.5 cm³/mol. The summed E-state index contributed by atoms with van der Waals surface area (Å²) in [7, 11) is 0. The average Bonchev–Trinajstić information content (AvgIpc) is 2.34. The lowest BCUT2D eigenvalue weighted by molar-refractivity contribution is 0.163. The maximum Gasteiger partial charge on any atom is 0.0790 e. The van der Waals surface area contributed by atoms with Crippen LogP contribution in [0.4, 0.5) is 0 Å². The molecule has 1 heteroatoms. The van der Waals surface area contributed by atoms with Crippen LogP contribution >= 0.6 is 0 Å². The smallest absolute Gasteiger partial charge is 0.0790 e. The van der Waals surface area contributed by atoms with Crippen molar-refractivity contribution >= 4 is 0 Å². The van der Waals surface area contributed by atoms with E-state index in [1.807, 2.05) is 12.1 Å². The molecule has 0 aliphatic carbocycles. The van der Waals surface area contributed by atoms with Crippen molar-refractivity contribution in [3.63, 3.8) is 0 Å². The summed E-state index contributed by atoms with van der Waals surface area (Å²) in [5.41, 5.74) is 2.39. The third-order valence-corrected chi connectivity index (χ3v) is 3.08. The highest BCUT2D eigenvalue weighted by molar-refractivity contribution is 5.25. The van der Waals surface area contributed by atoms with E-state index in [1.165, 1.54) is 24.8 Å². The molecular formula is C15H24O. The van der Waals surface area contributed by atoms with Crippen LogP contribution in [0, 0.1) is 0 Å². The number of rotatable bonds is 7. The van der Waals surface area contributed by atoms with Gasteiger partial charge in [0.2, 0.25) is 0 Å². The molecule has 0 spiro atoms. The van der Waals surface area contributed by atoms with Crippen LogP contribution in [0.1, 0.15) is 63.2 Å². The fourth-order valence-electron chi connectivity index (χ4n) is 1.95. The number of unbranched alkanes of at least 4 members (excludes halogenated alkanes) is 3. The Morgan fingerprint density at radius 1 is 1.12 bits per heavy atom. The van der Waals surface area contributed by atoms with Crippen LogP contribution in [-0.2, 0) is 6.42 Å². The minimum Gasteiger partial charge on any atom is -0.388 e.